The first-order valence-electron chi connectivity index (χ1n) is 4.74. The molecule has 0 aliphatic carbocycles. The summed E-state index contributed by atoms with van der Waals surface area (Å²) >= 11 is 0. The Bertz CT molecular complexity index is 360. The van der Waals surface area contributed by atoms with Crippen molar-refractivity contribution < 1.29 is 24.5 Å². The number of aliphatic hydroxyl groups is 1. The van der Waals surface area contributed by atoms with Gasteiger partial charge in [0, 0.05) is 6.42 Å². The normalized spacial score (nSPS) is 11.8. The Morgan fingerprint density at radius 1 is 1.25 bits per heavy atom. The first-order valence-corrected chi connectivity index (χ1v) is 4.74. The van der Waals surface area contributed by atoms with E-state index < -0.39 is 18.0 Å². The van der Waals surface area contributed by atoms with E-state index in [1.54, 1.807) is 30.3 Å². The lowest BCUT2D eigenvalue weighted by molar-refractivity contribution is -0.147. The van der Waals surface area contributed by atoms with Crippen LogP contribution < -0.4 is 0 Å². The zero-order chi connectivity index (χ0) is 12.0. The smallest absolute Gasteiger partial charge is 0.338 e. The molecule has 5 heteroatoms. The van der Waals surface area contributed by atoms with Crippen LogP contribution in [0.25, 0.3) is 0 Å². The molecule has 2 N–H and O–H groups in total. The Hall–Kier alpha value is -1.88. The molecule has 86 valence electrons. The van der Waals surface area contributed by atoms with Gasteiger partial charge in [-0.2, -0.15) is 0 Å². The SMILES string of the molecule is O=C(OCCC(O)C(=O)O)c1ccccc1. The molecule has 0 radical (unpaired) electrons. The highest BCUT2D eigenvalue weighted by Gasteiger charge is 2.14. The van der Waals surface area contributed by atoms with Crippen LogP contribution in [0.3, 0.4) is 0 Å². The summed E-state index contributed by atoms with van der Waals surface area (Å²) in [5.41, 5.74) is 0.396. The molecule has 0 bridgehead atoms. The molecule has 0 fully saturated rings. The molecule has 1 aromatic rings. The van der Waals surface area contributed by atoms with Crippen molar-refractivity contribution in [1.82, 2.24) is 0 Å². The third-order valence-corrected chi connectivity index (χ3v) is 1.92. The Kier molecular flexibility index (Phi) is 4.47. The maximum atomic E-state index is 11.3. The molecular weight excluding hydrogens is 212 g/mol. The van der Waals surface area contributed by atoms with Gasteiger partial charge >= 0.3 is 11.9 Å². The number of carbonyl (C=O) groups is 2. The van der Waals surface area contributed by atoms with Crippen molar-refractivity contribution in [3.8, 4) is 0 Å². The van der Waals surface area contributed by atoms with Crippen molar-refractivity contribution >= 4 is 11.9 Å². The number of carbonyl (C=O) groups excluding carboxylic acids is 1. The van der Waals surface area contributed by atoms with Gasteiger partial charge < -0.3 is 14.9 Å². The quantitative estimate of drug-likeness (QED) is 0.718. The fourth-order valence-corrected chi connectivity index (χ4v) is 1.04. The standard InChI is InChI=1S/C11H12O5/c12-9(10(13)14)6-7-16-11(15)8-4-2-1-3-5-8/h1-5,9,12H,6-7H2,(H,13,14). The lowest BCUT2D eigenvalue weighted by atomic mass is 10.2. The molecule has 1 aromatic carbocycles. The van der Waals surface area contributed by atoms with Crippen LogP contribution in [0, 0.1) is 0 Å². The molecule has 0 aliphatic heterocycles. The van der Waals surface area contributed by atoms with Gasteiger partial charge in [-0.25, -0.2) is 9.59 Å². The van der Waals surface area contributed by atoms with Crippen molar-refractivity contribution in [2.45, 2.75) is 12.5 Å². The molecule has 0 heterocycles. The largest absolute Gasteiger partial charge is 0.479 e. The second-order valence-corrected chi connectivity index (χ2v) is 3.14. The van der Waals surface area contributed by atoms with E-state index in [0.29, 0.717) is 5.56 Å². The number of esters is 1. The summed E-state index contributed by atoms with van der Waals surface area (Å²) in [5.74, 6) is -1.85. The lowest BCUT2D eigenvalue weighted by Gasteiger charge is -2.06. The van der Waals surface area contributed by atoms with Crippen LogP contribution in [0.2, 0.25) is 0 Å². The summed E-state index contributed by atoms with van der Waals surface area (Å²) < 4.78 is 4.79. The van der Waals surface area contributed by atoms with Crippen LogP contribution in [0.5, 0.6) is 0 Å². The van der Waals surface area contributed by atoms with Gasteiger partial charge in [0.15, 0.2) is 6.10 Å². The zero-order valence-electron chi connectivity index (χ0n) is 8.50. The van der Waals surface area contributed by atoms with Gasteiger partial charge in [-0.3, -0.25) is 0 Å². The summed E-state index contributed by atoms with van der Waals surface area (Å²) in [4.78, 5) is 21.6. The summed E-state index contributed by atoms with van der Waals surface area (Å²) in [6.07, 6.45) is -1.61. The zero-order valence-corrected chi connectivity index (χ0v) is 8.50. The number of carboxylic acids is 1. The highest BCUT2D eigenvalue weighted by atomic mass is 16.5. The topological polar surface area (TPSA) is 83.8 Å². The van der Waals surface area contributed by atoms with Gasteiger partial charge in [0.1, 0.15) is 0 Å². The molecule has 1 atom stereocenters. The number of aliphatic hydroxyl groups excluding tert-OH is 1. The van der Waals surface area contributed by atoms with Gasteiger partial charge in [-0.05, 0) is 12.1 Å². The van der Waals surface area contributed by atoms with Crippen LogP contribution in [-0.4, -0.2) is 34.9 Å². The molecule has 0 spiro atoms. The number of ether oxygens (including phenoxy) is 1. The maximum absolute atomic E-state index is 11.3. The monoisotopic (exact) mass is 224 g/mol. The number of carboxylic acid groups (broad SMARTS) is 1. The van der Waals surface area contributed by atoms with Crippen molar-refractivity contribution in [2.75, 3.05) is 6.61 Å². The number of hydrogen-bond donors (Lipinski definition) is 2. The minimum Gasteiger partial charge on any atom is -0.479 e. The fraction of sp³-hybridized carbons (Fsp3) is 0.273. The number of hydrogen-bond acceptors (Lipinski definition) is 4. The third-order valence-electron chi connectivity index (χ3n) is 1.92. The van der Waals surface area contributed by atoms with E-state index in [2.05, 4.69) is 0 Å². The molecular formula is C11H12O5. The first kappa shape index (κ1) is 12.2. The fourth-order valence-electron chi connectivity index (χ4n) is 1.04. The molecule has 1 rings (SSSR count). The number of benzene rings is 1. The van der Waals surface area contributed by atoms with Crippen molar-refractivity contribution in [3.05, 3.63) is 35.9 Å². The minimum atomic E-state index is -1.50. The number of rotatable bonds is 5. The molecule has 16 heavy (non-hydrogen) atoms. The minimum absolute atomic E-state index is 0.117. The summed E-state index contributed by atoms with van der Waals surface area (Å²) in [5, 5.41) is 17.3. The van der Waals surface area contributed by atoms with E-state index in [0.717, 1.165) is 0 Å². The third kappa shape index (κ3) is 3.70. The van der Waals surface area contributed by atoms with Gasteiger partial charge in [0.05, 0.1) is 12.2 Å². The van der Waals surface area contributed by atoms with E-state index in [1.807, 2.05) is 0 Å². The predicted molar refractivity (Wildman–Crippen MR) is 55.0 cm³/mol. The Balaban J connectivity index is 2.34. The lowest BCUT2D eigenvalue weighted by Crippen LogP contribution is -2.22. The molecule has 5 nitrogen and oxygen atoms in total. The van der Waals surface area contributed by atoms with Crippen LogP contribution in [-0.2, 0) is 9.53 Å². The van der Waals surface area contributed by atoms with E-state index >= 15 is 0 Å². The average Bonchev–Trinajstić information content (AvgIpc) is 2.29. The number of aliphatic carboxylic acids is 1. The van der Waals surface area contributed by atoms with Crippen molar-refractivity contribution in [1.29, 1.82) is 0 Å². The molecule has 0 aliphatic rings. The van der Waals surface area contributed by atoms with E-state index in [-0.39, 0.29) is 13.0 Å². The van der Waals surface area contributed by atoms with Gasteiger partial charge in [0.25, 0.3) is 0 Å². The Morgan fingerprint density at radius 3 is 2.44 bits per heavy atom. The van der Waals surface area contributed by atoms with E-state index in [1.165, 1.54) is 0 Å². The van der Waals surface area contributed by atoms with E-state index in [4.69, 9.17) is 14.9 Å². The van der Waals surface area contributed by atoms with Gasteiger partial charge in [-0.15, -0.1) is 0 Å². The van der Waals surface area contributed by atoms with Crippen LogP contribution in [0.15, 0.2) is 30.3 Å². The summed E-state index contributed by atoms with van der Waals surface area (Å²) in [7, 11) is 0. The second-order valence-electron chi connectivity index (χ2n) is 3.14. The van der Waals surface area contributed by atoms with Crippen molar-refractivity contribution in [3.63, 3.8) is 0 Å². The van der Waals surface area contributed by atoms with Crippen LogP contribution >= 0.6 is 0 Å². The highest BCUT2D eigenvalue weighted by molar-refractivity contribution is 5.89. The molecule has 0 saturated heterocycles. The average molecular weight is 224 g/mol. The molecule has 0 amide bonds. The maximum Gasteiger partial charge on any atom is 0.338 e. The van der Waals surface area contributed by atoms with Gasteiger partial charge in [0.2, 0.25) is 0 Å². The van der Waals surface area contributed by atoms with Crippen LogP contribution in [0.1, 0.15) is 16.8 Å². The van der Waals surface area contributed by atoms with E-state index in [9.17, 15) is 9.59 Å². The summed E-state index contributed by atoms with van der Waals surface area (Å²) in [6.45, 7) is -0.124. The summed E-state index contributed by atoms with van der Waals surface area (Å²) in [6, 6.07) is 8.35. The van der Waals surface area contributed by atoms with Gasteiger partial charge in [-0.1, -0.05) is 18.2 Å². The second kappa shape index (κ2) is 5.87. The molecule has 1 unspecified atom stereocenters. The molecule has 0 saturated carbocycles. The Morgan fingerprint density at radius 2 is 1.88 bits per heavy atom. The van der Waals surface area contributed by atoms with Crippen LogP contribution in [0.4, 0.5) is 0 Å². The Labute approximate surface area is 92.3 Å². The predicted octanol–water partition coefficient (Wildman–Crippen LogP) is 0.679. The van der Waals surface area contributed by atoms with Crippen molar-refractivity contribution in [2.24, 2.45) is 0 Å². The highest BCUT2D eigenvalue weighted by Crippen LogP contribution is 2.02. The molecule has 0 aromatic heterocycles. The first-order chi connectivity index (χ1) is 7.61.